The second kappa shape index (κ2) is 7.67. The Labute approximate surface area is 185 Å². The summed E-state index contributed by atoms with van der Waals surface area (Å²) in [5.41, 5.74) is 12.6. The third-order valence-corrected chi connectivity index (χ3v) is 6.81. The molecule has 0 bridgehead atoms. The highest BCUT2D eigenvalue weighted by molar-refractivity contribution is 7.98. The van der Waals surface area contributed by atoms with Crippen molar-refractivity contribution in [2.75, 3.05) is 12.9 Å². The van der Waals surface area contributed by atoms with E-state index in [4.69, 9.17) is 20.7 Å². The number of nitrogens with zero attached hydrogens (tertiary/aromatic N) is 5. The molecule has 10 heteroatoms. The number of hydrogen-bond donors (Lipinski definition) is 2. The van der Waals surface area contributed by atoms with Gasteiger partial charge in [-0.1, -0.05) is 0 Å². The maximum Gasteiger partial charge on any atom is 0.223 e. The molecule has 9 nitrogen and oxygen atoms in total. The maximum atomic E-state index is 12.4. The molecule has 1 atom stereocenters. The van der Waals surface area contributed by atoms with Crippen LogP contribution in [0.1, 0.15) is 36.1 Å². The zero-order valence-electron chi connectivity index (χ0n) is 17.8. The molecule has 0 spiro atoms. The minimum Gasteiger partial charge on any atom is -0.496 e. The van der Waals surface area contributed by atoms with Crippen LogP contribution >= 0.6 is 11.9 Å². The number of pyridine rings is 1. The Hall–Kier alpha value is -2.88. The lowest BCUT2D eigenvalue weighted by Gasteiger charge is -2.23. The number of amides is 1. The lowest BCUT2D eigenvalue weighted by molar-refractivity contribution is -0.122. The Kier molecular flexibility index (Phi) is 4.96. The van der Waals surface area contributed by atoms with Gasteiger partial charge in [0.1, 0.15) is 18.0 Å². The Bertz CT molecular complexity index is 1090. The van der Waals surface area contributed by atoms with E-state index in [0.29, 0.717) is 30.3 Å². The molecule has 1 aromatic rings. The molecule has 1 aromatic heterocycles. The van der Waals surface area contributed by atoms with Crippen LogP contribution in [0.2, 0.25) is 0 Å². The van der Waals surface area contributed by atoms with Crippen molar-refractivity contribution in [2.45, 2.75) is 45.7 Å². The van der Waals surface area contributed by atoms with Crippen molar-refractivity contribution in [3.63, 3.8) is 0 Å². The van der Waals surface area contributed by atoms with E-state index in [2.05, 4.69) is 14.7 Å². The van der Waals surface area contributed by atoms with Gasteiger partial charge in [-0.2, -0.15) is 19.7 Å². The van der Waals surface area contributed by atoms with Crippen molar-refractivity contribution >= 4 is 35.1 Å². The van der Waals surface area contributed by atoms with Crippen LogP contribution in [-0.2, 0) is 11.3 Å². The van der Waals surface area contributed by atoms with Gasteiger partial charge >= 0.3 is 0 Å². The van der Waals surface area contributed by atoms with Crippen LogP contribution < -0.4 is 15.8 Å². The van der Waals surface area contributed by atoms with Gasteiger partial charge < -0.3 is 15.8 Å². The Morgan fingerprint density at radius 2 is 2.16 bits per heavy atom. The Balaban J connectivity index is 1.47. The van der Waals surface area contributed by atoms with E-state index in [1.54, 1.807) is 18.4 Å². The van der Waals surface area contributed by atoms with Gasteiger partial charge in [-0.25, -0.2) is 0 Å². The number of nitrogens with two attached hydrogens (primary N) is 1. The van der Waals surface area contributed by atoms with Crippen LogP contribution in [0.25, 0.3) is 0 Å². The van der Waals surface area contributed by atoms with Crippen molar-refractivity contribution in [3.05, 3.63) is 34.2 Å². The fraction of sp³-hybridized carbons (Fsp3) is 0.476. The van der Waals surface area contributed by atoms with Crippen molar-refractivity contribution in [2.24, 2.45) is 26.3 Å². The maximum absolute atomic E-state index is 12.4. The molecule has 3 heterocycles. The van der Waals surface area contributed by atoms with Crippen LogP contribution in [0.3, 0.4) is 0 Å². The molecule has 2 aliphatic carbocycles. The van der Waals surface area contributed by atoms with Gasteiger partial charge in [-0.15, -0.1) is 0 Å². The zero-order valence-corrected chi connectivity index (χ0v) is 18.6. The summed E-state index contributed by atoms with van der Waals surface area (Å²) < 4.78 is 9.92. The van der Waals surface area contributed by atoms with Crippen LogP contribution in [-0.4, -0.2) is 52.2 Å². The zero-order chi connectivity index (χ0) is 21.7. The van der Waals surface area contributed by atoms with Crippen molar-refractivity contribution in [3.8, 4) is 5.75 Å². The molecule has 3 N–H and O–H groups in total. The fourth-order valence-corrected chi connectivity index (χ4v) is 5.03. The lowest BCUT2D eigenvalue weighted by Crippen LogP contribution is -2.36. The molecule has 162 valence electrons. The van der Waals surface area contributed by atoms with Crippen LogP contribution in [0.5, 0.6) is 5.75 Å². The summed E-state index contributed by atoms with van der Waals surface area (Å²) in [5.74, 6) is 2.15. The number of carbonyl (C=O) groups is 1. The monoisotopic (exact) mass is 439 g/mol. The first-order chi connectivity index (χ1) is 15.0. The van der Waals surface area contributed by atoms with Crippen molar-refractivity contribution < 1.29 is 9.53 Å². The molecule has 0 radical (unpaired) electrons. The molecular weight excluding hydrogens is 414 g/mol. The number of rotatable bonds is 5. The van der Waals surface area contributed by atoms with E-state index in [9.17, 15) is 4.79 Å². The predicted octanol–water partition coefficient (Wildman–Crippen LogP) is 1.85. The SMILES string of the molecule is COc1c(C)cnc(CN2N=C3CC(NC(=O)C4CC4)C4=C3C(=N2)C(N)=NSC4)c1C. The average molecular weight is 440 g/mol. The number of hydrogen-bond acceptors (Lipinski definition) is 9. The summed E-state index contributed by atoms with van der Waals surface area (Å²) >= 11 is 1.39. The summed E-state index contributed by atoms with van der Waals surface area (Å²) in [4.78, 5) is 17.0. The molecule has 1 amide bonds. The quantitative estimate of drug-likeness (QED) is 0.676. The Morgan fingerprint density at radius 1 is 1.35 bits per heavy atom. The average Bonchev–Trinajstić information content (AvgIpc) is 3.55. The molecule has 1 fully saturated rings. The number of amidine groups is 1. The highest BCUT2D eigenvalue weighted by Crippen LogP contribution is 2.36. The third kappa shape index (κ3) is 3.58. The summed E-state index contributed by atoms with van der Waals surface area (Å²) in [6.07, 6.45) is 4.38. The van der Waals surface area contributed by atoms with Crippen LogP contribution in [0, 0.1) is 19.8 Å². The molecule has 0 saturated heterocycles. The van der Waals surface area contributed by atoms with Gasteiger partial charge in [0.05, 0.1) is 24.6 Å². The smallest absolute Gasteiger partial charge is 0.223 e. The van der Waals surface area contributed by atoms with E-state index < -0.39 is 0 Å². The largest absolute Gasteiger partial charge is 0.496 e. The summed E-state index contributed by atoms with van der Waals surface area (Å²) in [6.45, 7) is 4.34. The van der Waals surface area contributed by atoms with E-state index in [-0.39, 0.29) is 17.9 Å². The van der Waals surface area contributed by atoms with E-state index in [1.165, 1.54) is 11.9 Å². The fourth-order valence-electron chi connectivity index (χ4n) is 4.26. The molecule has 4 aliphatic rings. The first kappa shape index (κ1) is 20.0. The van der Waals surface area contributed by atoms with E-state index in [0.717, 1.165) is 52.3 Å². The molecule has 1 saturated carbocycles. The topological polar surface area (TPSA) is 118 Å². The Morgan fingerprint density at radius 3 is 2.90 bits per heavy atom. The number of aromatic nitrogens is 1. The number of methoxy groups -OCH3 is 1. The number of aryl methyl sites for hydroxylation is 1. The highest BCUT2D eigenvalue weighted by atomic mass is 32.2. The van der Waals surface area contributed by atoms with Crippen LogP contribution in [0.4, 0.5) is 0 Å². The number of hydrazone groups is 2. The van der Waals surface area contributed by atoms with Gasteiger partial charge in [0.2, 0.25) is 5.91 Å². The molecule has 0 aromatic carbocycles. The van der Waals surface area contributed by atoms with Crippen molar-refractivity contribution in [1.82, 2.24) is 15.4 Å². The molecule has 1 unspecified atom stereocenters. The number of carbonyl (C=O) groups excluding carboxylic acids is 1. The highest BCUT2D eigenvalue weighted by Gasteiger charge is 2.41. The normalized spacial score (nSPS) is 22.4. The summed E-state index contributed by atoms with van der Waals surface area (Å²) in [6, 6.07) is -0.0834. The summed E-state index contributed by atoms with van der Waals surface area (Å²) in [5, 5.41) is 14.3. The molecular formula is C21H25N7O2S. The number of nitrogens with one attached hydrogen (secondary N) is 1. The summed E-state index contributed by atoms with van der Waals surface area (Å²) in [7, 11) is 1.66. The van der Waals surface area contributed by atoms with Gasteiger partial charge in [0.15, 0.2) is 5.84 Å². The van der Waals surface area contributed by atoms with E-state index in [1.807, 2.05) is 13.8 Å². The van der Waals surface area contributed by atoms with E-state index >= 15 is 0 Å². The number of ether oxygens (including phenoxy) is 1. The van der Waals surface area contributed by atoms with Crippen LogP contribution in [0.15, 0.2) is 31.9 Å². The third-order valence-electron chi connectivity index (χ3n) is 6.05. The van der Waals surface area contributed by atoms with Crippen molar-refractivity contribution in [1.29, 1.82) is 0 Å². The van der Waals surface area contributed by atoms with Gasteiger partial charge in [0.25, 0.3) is 0 Å². The first-order valence-corrected chi connectivity index (χ1v) is 11.3. The second-order valence-electron chi connectivity index (χ2n) is 8.26. The van der Waals surface area contributed by atoms with Gasteiger partial charge in [-0.3, -0.25) is 9.78 Å². The minimum atomic E-state index is -0.0834. The molecule has 5 rings (SSSR count). The first-order valence-electron chi connectivity index (χ1n) is 10.4. The second-order valence-corrected chi connectivity index (χ2v) is 8.99. The van der Waals surface area contributed by atoms with Gasteiger partial charge in [-0.05, 0) is 44.2 Å². The van der Waals surface area contributed by atoms with Gasteiger partial charge in [0, 0.05) is 41.0 Å². The standard InChI is InChI=1S/C21H25N7O2S/c1-10-7-23-16(11(2)19(10)30-3)8-28-25-15-6-14(24-21(29)12-4-5-12)13-9-31-27-20(22)18(26-28)17(13)15/h7,12,14H,4-6,8-9H2,1-3H3,(H2,22,27)(H,24,29). The predicted molar refractivity (Wildman–Crippen MR) is 121 cm³/mol. The lowest BCUT2D eigenvalue weighted by atomic mass is 10.0. The molecule has 2 aliphatic heterocycles. The molecule has 31 heavy (non-hydrogen) atoms. The minimum absolute atomic E-state index is 0.0834.